The second kappa shape index (κ2) is 6.60. The van der Waals surface area contributed by atoms with Crippen molar-refractivity contribution in [1.29, 1.82) is 0 Å². The van der Waals surface area contributed by atoms with Crippen molar-refractivity contribution in [1.82, 2.24) is 10.2 Å². The van der Waals surface area contributed by atoms with E-state index in [9.17, 15) is 0 Å². The van der Waals surface area contributed by atoms with Crippen molar-refractivity contribution in [2.24, 2.45) is 0 Å². The second-order valence-electron chi connectivity index (χ2n) is 4.24. The lowest BCUT2D eigenvalue weighted by Gasteiger charge is -2.28. The van der Waals surface area contributed by atoms with Gasteiger partial charge in [-0.1, -0.05) is 0 Å². The zero-order valence-corrected chi connectivity index (χ0v) is 11.2. The summed E-state index contributed by atoms with van der Waals surface area (Å²) < 4.78 is 10.9. The normalized spacial score (nSPS) is 19.4. The SMILES string of the molecule is CO[Si](C)(CCCN1CCNCC1)OC. The van der Waals surface area contributed by atoms with Gasteiger partial charge in [-0.15, -0.1) is 0 Å². The van der Waals surface area contributed by atoms with E-state index in [1.165, 1.54) is 26.1 Å². The van der Waals surface area contributed by atoms with Crippen LogP contribution in [0.2, 0.25) is 12.6 Å². The maximum absolute atomic E-state index is 5.46. The highest BCUT2D eigenvalue weighted by atomic mass is 28.4. The fraction of sp³-hybridized carbons (Fsp3) is 1.00. The Balaban J connectivity index is 2.14. The first kappa shape index (κ1) is 13.1. The maximum Gasteiger partial charge on any atom is 0.334 e. The molecular formula is C10H24N2O2Si. The van der Waals surface area contributed by atoms with Gasteiger partial charge in [-0.3, -0.25) is 0 Å². The van der Waals surface area contributed by atoms with Crippen LogP contribution in [-0.4, -0.2) is 60.4 Å². The molecule has 5 heteroatoms. The summed E-state index contributed by atoms with van der Waals surface area (Å²) in [6.45, 7) is 7.92. The highest BCUT2D eigenvalue weighted by molar-refractivity contribution is 6.65. The Bertz CT molecular complexity index is 171. The Morgan fingerprint density at radius 3 is 2.33 bits per heavy atom. The summed E-state index contributed by atoms with van der Waals surface area (Å²) in [7, 11) is 1.70. The molecule has 15 heavy (non-hydrogen) atoms. The van der Waals surface area contributed by atoms with Crippen LogP contribution in [0.3, 0.4) is 0 Å². The minimum Gasteiger partial charge on any atom is -0.398 e. The molecule has 1 aliphatic rings. The van der Waals surface area contributed by atoms with E-state index >= 15 is 0 Å². The summed E-state index contributed by atoms with van der Waals surface area (Å²) in [5.41, 5.74) is 0. The second-order valence-corrected chi connectivity index (χ2v) is 7.82. The average Bonchev–Trinajstić information content (AvgIpc) is 2.30. The van der Waals surface area contributed by atoms with Crippen LogP contribution in [0.1, 0.15) is 6.42 Å². The van der Waals surface area contributed by atoms with Crippen molar-refractivity contribution in [3.8, 4) is 0 Å². The van der Waals surface area contributed by atoms with Crippen molar-refractivity contribution in [3.63, 3.8) is 0 Å². The highest BCUT2D eigenvalue weighted by Crippen LogP contribution is 2.14. The lowest BCUT2D eigenvalue weighted by molar-refractivity contribution is 0.226. The molecule has 1 heterocycles. The summed E-state index contributed by atoms with van der Waals surface area (Å²) in [6.07, 6.45) is 1.18. The third-order valence-corrected chi connectivity index (χ3v) is 6.17. The van der Waals surface area contributed by atoms with Gasteiger partial charge in [0.05, 0.1) is 0 Å². The number of nitrogens with zero attached hydrogens (tertiary/aromatic N) is 1. The largest absolute Gasteiger partial charge is 0.398 e. The molecule has 0 bridgehead atoms. The summed E-state index contributed by atoms with van der Waals surface area (Å²) >= 11 is 0. The minimum absolute atomic E-state index is 1.09. The molecule has 1 aliphatic heterocycles. The first-order valence-corrected chi connectivity index (χ1v) is 8.26. The molecule has 0 spiro atoms. The molecule has 1 rings (SSSR count). The fourth-order valence-electron chi connectivity index (χ4n) is 1.85. The van der Waals surface area contributed by atoms with E-state index < -0.39 is 8.56 Å². The van der Waals surface area contributed by atoms with E-state index in [4.69, 9.17) is 8.85 Å². The molecule has 0 unspecified atom stereocenters. The minimum atomic E-state index is -1.82. The van der Waals surface area contributed by atoms with Gasteiger partial charge in [-0.2, -0.15) is 0 Å². The van der Waals surface area contributed by atoms with E-state index in [0.29, 0.717) is 0 Å². The Kier molecular flexibility index (Phi) is 5.77. The molecule has 0 aromatic carbocycles. The lowest BCUT2D eigenvalue weighted by atomic mass is 10.3. The first-order valence-electron chi connectivity index (χ1n) is 5.73. The maximum atomic E-state index is 5.46. The quantitative estimate of drug-likeness (QED) is 0.682. The van der Waals surface area contributed by atoms with Crippen LogP contribution in [0.15, 0.2) is 0 Å². The molecule has 1 saturated heterocycles. The van der Waals surface area contributed by atoms with Crippen molar-refractivity contribution in [2.75, 3.05) is 46.9 Å². The third-order valence-electron chi connectivity index (χ3n) is 3.18. The van der Waals surface area contributed by atoms with E-state index in [-0.39, 0.29) is 0 Å². The molecule has 0 amide bonds. The van der Waals surface area contributed by atoms with Gasteiger partial charge in [0.2, 0.25) is 0 Å². The standard InChI is InChI=1S/C10H24N2O2Si/c1-13-15(3,14-2)10-4-7-12-8-5-11-6-9-12/h11H,4-10H2,1-3H3. The van der Waals surface area contributed by atoms with Crippen LogP contribution in [-0.2, 0) is 8.85 Å². The number of hydrogen-bond donors (Lipinski definition) is 1. The molecular weight excluding hydrogens is 208 g/mol. The zero-order valence-electron chi connectivity index (χ0n) is 10.2. The Morgan fingerprint density at radius 2 is 1.80 bits per heavy atom. The molecule has 1 fully saturated rings. The number of rotatable bonds is 6. The number of piperazine rings is 1. The van der Waals surface area contributed by atoms with Crippen LogP contribution in [0, 0.1) is 0 Å². The Morgan fingerprint density at radius 1 is 1.20 bits per heavy atom. The topological polar surface area (TPSA) is 33.7 Å². The Hall–Kier alpha value is 0.0569. The molecule has 90 valence electrons. The average molecular weight is 232 g/mol. The van der Waals surface area contributed by atoms with Gasteiger partial charge in [0.1, 0.15) is 0 Å². The van der Waals surface area contributed by atoms with Gasteiger partial charge in [0.25, 0.3) is 0 Å². The van der Waals surface area contributed by atoms with Gasteiger partial charge < -0.3 is 19.1 Å². The van der Waals surface area contributed by atoms with Crippen LogP contribution in [0.5, 0.6) is 0 Å². The van der Waals surface area contributed by atoms with Gasteiger partial charge in [0.15, 0.2) is 0 Å². The van der Waals surface area contributed by atoms with E-state index in [1.54, 1.807) is 14.2 Å². The van der Waals surface area contributed by atoms with E-state index in [1.807, 2.05) is 0 Å². The van der Waals surface area contributed by atoms with Crippen LogP contribution < -0.4 is 5.32 Å². The first-order chi connectivity index (χ1) is 7.20. The fourth-order valence-corrected chi connectivity index (χ4v) is 3.22. The molecule has 0 aliphatic carbocycles. The van der Waals surface area contributed by atoms with Crippen molar-refractivity contribution < 1.29 is 8.85 Å². The molecule has 0 saturated carbocycles. The third kappa shape index (κ3) is 4.61. The molecule has 0 aromatic heterocycles. The summed E-state index contributed by atoms with van der Waals surface area (Å²) in [4.78, 5) is 2.51. The number of hydrogen-bond acceptors (Lipinski definition) is 4. The smallest absolute Gasteiger partial charge is 0.334 e. The van der Waals surface area contributed by atoms with Gasteiger partial charge >= 0.3 is 8.56 Å². The summed E-state index contributed by atoms with van der Waals surface area (Å²) in [5.74, 6) is 0. The van der Waals surface area contributed by atoms with E-state index in [2.05, 4.69) is 16.8 Å². The highest BCUT2D eigenvalue weighted by Gasteiger charge is 2.28. The van der Waals surface area contributed by atoms with Crippen molar-refractivity contribution >= 4 is 8.56 Å². The van der Waals surface area contributed by atoms with Gasteiger partial charge in [-0.25, -0.2) is 0 Å². The molecule has 4 nitrogen and oxygen atoms in total. The lowest BCUT2D eigenvalue weighted by Crippen LogP contribution is -2.44. The molecule has 1 N–H and O–H groups in total. The molecule has 0 aromatic rings. The van der Waals surface area contributed by atoms with Crippen LogP contribution in [0.4, 0.5) is 0 Å². The summed E-state index contributed by atoms with van der Waals surface area (Å²) in [6, 6.07) is 1.09. The predicted molar refractivity (Wildman–Crippen MR) is 64.4 cm³/mol. The number of nitrogens with one attached hydrogen (secondary N) is 1. The zero-order chi connectivity index (χ0) is 11.1. The van der Waals surface area contributed by atoms with Crippen molar-refractivity contribution in [3.05, 3.63) is 0 Å². The van der Waals surface area contributed by atoms with Gasteiger partial charge in [0, 0.05) is 40.4 Å². The monoisotopic (exact) mass is 232 g/mol. The van der Waals surface area contributed by atoms with Crippen LogP contribution in [0.25, 0.3) is 0 Å². The summed E-state index contributed by atoms with van der Waals surface area (Å²) in [5, 5.41) is 3.36. The van der Waals surface area contributed by atoms with Gasteiger partial charge in [-0.05, 0) is 25.6 Å². The predicted octanol–water partition coefficient (Wildman–Crippen LogP) is 0.647. The Labute approximate surface area is 94.2 Å². The van der Waals surface area contributed by atoms with E-state index in [0.717, 1.165) is 19.1 Å². The molecule has 0 atom stereocenters. The van der Waals surface area contributed by atoms with Crippen LogP contribution >= 0.6 is 0 Å². The molecule has 0 radical (unpaired) electrons. The van der Waals surface area contributed by atoms with Crippen molar-refractivity contribution in [2.45, 2.75) is 19.0 Å².